The van der Waals surface area contributed by atoms with Crippen molar-refractivity contribution in [3.63, 3.8) is 0 Å². The summed E-state index contributed by atoms with van der Waals surface area (Å²) in [5.41, 5.74) is 0. The molecule has 1 atom stereocenters. The SMILES string of the molecule is CCNC(c1ccc(CC)s1)c1cc(Br)c(Cl)s1. The second-order valence-electron chi connectivity index (χ2n) is 3.92. The molecule has 0 saturated carbocycles. The Morgan fingerprint density at radius 1 is 1.28 bits per heavy atom. The van der Waals surface area contributed by atoms with Gasteiger partial charge < -0.3 is 5.32 Å². The molecule has 2 aromatic heterocycles. The lowest BCUT2D eigenvalue weighted by atomic mass is 10.2. The van der Waals surface area contributed by atoms with E-state index in [1.807, 2.05) is 11.3 Å². The highest BCUT2D eigenvalue weighted by Crippen LogP contribution is 2.39. The lowest BCUT2D eigenvalue weighted by Gasteiger charge is -2.14. The van der Waals surface area contributed by atoms with E-state index in [0.717, 1.165) is 21.8 Å². The van der Waals surface area contributed by atoms with E-state index >= 15 is 0 Å². The van der Waals surface area contributed by atoms with Crippen LogP contribution in [0.3, 0.4) is 0 Å². The molecule has 5 heteroatoms. The van der Waals surface area contributed by atoms with Gasteiger partial charge in [-0.25, -0.2) is 0 Å². The largest absolute Gasteiger partial charge is 0.305 e. The van der Waals surface area contributed by atoms with Gasteiger partial charge in [0.2, 0.25) is 0 Å². The highest BCUT2D eigenvalue weighted by Gasteiger charge is 2.18. The highest BCUT2D eigenvalue weighted by molar-refractivity contribution is 9.10. The van der Waals surface area contributed by atoms with Crippen LogP contribution in [0.1, 0.15) is 34.5 Å². The molecule has 0 aromatic carbocycles. The van der Waals surface area contributed by atoms with E-state index in [4.69, 9.17) is 11.6 Å². The lowest BCUT2D eigenvalue weighted by Crippen LogP contribution is -2.20. The smallest absolute Gasteiger partial charge is 0.107 e. The van der Waals surface area contributed by atoms with Crippen molar-refractivity contribution in [2.45, 2.75) is 26.3 Å². The van der Waals surface area contributed by atoms with Gasteiger partial charge in [-0.1, -0.05) is 25.4 Å². The van der Waals surface area contributed by atoms with Crippen molar-refractivity contribution in [2.75, 3.05) is 6.54 Å². The van der Waals surface area contributed by atoms with Crippen molar-refractivity contribution in [2.24, 2.45) is 0 Å². The summed E-state index contributed by atoms with van der Waals surface area (Å²) in [4.78, 5) is 4.05. The molecule has 0 aliphatic carbocycles. The van der Waals surface area contributed by atoms with Gasteiger partial charge >= 0.3 is 0 Å². The molecule has 0 aliphatic rings. The van der Waals surface area contributed by atoms with Crippen LogP contribution in [-0.2, 0) is 6.42 Å². The predicted octanol–water partition coefficient (Wildman–Crippen LogP) is 5.49. The highest BCUT2D eigenvalue weighted by atomic mass is 79.9. The average Bonchev–Trinajstić information content (AvgIpc) is 2.94. The van der Waals surface area contributed by atoms with Crippen molar-refractivity contribution in [1.82, 2.24) is 5.32 Å². The molecule has 1 nitrogen and oxygen atoms in total. The second kappa shape index (κ2) is 6.53. The number of hydrogen-bond acceptors (Lipinski definition) is 3. The Kier molecular flexibility index (Phi) is 5.27. The Morgan fingerprint density at radius 3 is 2.56 bits per heavy atom. The predicted molar refractivity (Wildman–Crippen MR) is 86.2 cm³/mol. The molecular formula is C13H15BrClNS2. The minimum absolute atomic E-state index is 0.258. The van der Waals surface area contributed by atoms with Crippen LogP contribution < -0.4 is 5.32 Å². The van der Waals surface area contributed by atoms with Crippen LogP contribution in [0.5, 0.6) is 0 Å². The summed E-state index contributed by atoms with van der Waals surface area (Å²) in [6.45, 7) is 5.26. The first kappa shape index (κ1) is 14.5. The van der Waals surface area contributed by atoms with Crippen molar-refractivity contribution < 1.29 is 0 Å². The minimum Gasteiger partial charge on any atom is -0.305 e. The molecule has 1 unspecified atom stereocenters. The molecule has 0 bridgehead atoms. The molecule has 0 amide bonds. The van der Waals surface area contributed by atoms with Crippen molar-refractivity contribution in [3.8, 4) is 0 Å². The standard InChI is InChI=1S/C13H15BrClNS2/c1-3-8-5-6-10(17-8)12(16-4-2)11-7-9(14)13(15)18-11/h5-7,12,16H,3-4H2,1-2H3. The van der Waals surface area contributed by atoms with Gasteiger partial charge in [0.1, 0.15) is 4.34 Å². The summed E-state index contributed by atoms with van der Waals surface area (Å²) >= 11 is 13.1. The molecule has 0 spiro atoms. The quantitative estimate of drug-likeness (QED) is 0.740. The number of hydrogen-bond donors (Lipinski definition) is 1. The van der Waals surface area contributed by atoms with Crippen molar-refractivity contribution in [1.29, 1.82) is 0 Å². The fraction of sp³-hybridized carbons (Fsp3) is 0.385. The van der Waals surface area contributed by atoms with E-state index in [9.17, 15) is 0 Å². The van der Waals surface area contributed by atoms with Crippen LogP contribution in [0, 0.1) is 0 Å². The minimum atomic E-state index is 0.258. The van der Waals surface area contributed by atoms with Crippen LogP contribution in [0.15, 0.2) is 22.7 Å². The van der Waals surface area contributed by atoms with E-state index in [1.165, 1.54) is 14.6 Å². The van der Waals surface area contributed by atoms with Gasteiger partial charge in [-0.05, 0) is 47.1 Å². The summed E-state index contributed by atoms with van der Waals surface area (Å²) in [5, 5.41) is 3.53. The zero-order valence-corrected chi connectivity index (χ0v) is 14.3. The third-order valence-electron chi connectivity index (χ3n) is 2.67. The number of rotatable bonds is 5. The molecule has 18 heavy (non-hydrogen) atoms. The summed E-state index contributed by atoms with van der Waals surface area (Å²) < 4.78 is 1.81. The summed E-state index contributed by atoms with van der Waals surface area (Å²) in [6.07, 6.45) is 1.10. The van der Waals surface area contributed by atoms with Gasteiger partial charge in [0.15, 0.2) is 0 Å². The Balaban J connectivity index is 2.32. The second-order valence-corrected chi connectivity index (χ2v) is 7.66. The third-order valence-corrected chi connectivity index (χ3v) is 6.51. The van der Waals surface area contributed by atoms with E-state index in [2.05, 4.69) is 53.3 Å². The van der Waals surface area contributed by atoms with Gasteiger partial charge in [-0.2, -0.15) is 0 Å². The van der Waals surface area contributed by atoms with Crippen LogP contribution in [0.25, 0.3) is 0 Å². The first-order valence-corrected chi connectivity index (χ1v) is 8.72. The van der Waals surface area contributed by atoms with Gasteiger partial charge in [-0.3, -0.25) is 0 Å². The molecule has 1 N–H and O–H groups in total. The number of thiophene rings is 2. The fourth-order valence-corrected chi connectivity index (χ4v) is 4.74. The molecule has 98 valence electrons. The molecule has 2 rings (SSSR count). The molecule has 2 heterocycles. The van der Waals surface area contributed by atoms with E-state index in [1.54, 1.807) is 11.3 Å². The Bertz CT molecular complexity index is 501. The topological polar surface area (TPSA) is 12.0 Å². The Labute approximate surface area is 129 Å². The summed E-state index contributed by atoms with van der Waals surface area (Å²) in [7, 11) is 0. The lowest BCUT2D eigenvalue weighted by molar-refractivity contribution is 0.648. The number of aryl methyl sites for hydroxylation is 1. The van der Waals surface area contributed by atoms with Crippen molar-refractivity contribution in [3.05, 3.63) is 41.6 Å². The molecule has 0 fully saturated rings. The maximum absolute atomic E-state index is 6.14. The molecule has 0 saturated heterocycles. The number of nitrogens with one attached hydrogen (secondary N) is 1. The molecule has 2 aromatic rings. The first-order chi connectivity index (χ1) is 8.65. The zero-order valence-electron chi connectivity index (χ0n) is 10.3. The van der Waals surface area contributed by atoms with Gasteiger partial charge in [0, 0.05) is 19.1 Å². The van der Waals surface area contributed by atoms with Gasteiger partial charge in [0.25, 0.3) is 0 Å². The Hall–Kier alpha value is 0.130. The van der Waals surface area contributed by atoms with Crippen LogP contribution in [0.4, 0.5) is 0 Å². The van der Waals surface area contributed by atoms with E-state index in [0.29, 0.717) is 0 Å². The van der Waals surface area contributed by atoms with Gasteiger partial charge in [-0.15, -0.1) is 22.7 Å². The number of halogens is 2. The summed E-state index contributed by atoms with van der Waals surface area (Å²) in [5.74, 6) is 0. The van der Waals surface area contributed by atoms with Crippen LogP contribution in [-0.4, -0.2) is 6.54 Å². The van der Waals surface area contributed by atoms with Crippen LogP contribution in [0.2, 0.25) is 4.34 Å². The first-order valence-electron chi connectivity index (χ1n) is 5.92. The fourth-order valence-electron chi connectivity index (χ4n) is 1.79. The summed E-state index contributed by atoms with van der Waals surface area (Å²) in [6, 6.07) is 6.81. The normalized spacial score (nSPS) is 12.9. The maximum atomic E-state index is 6.14. The van der Waals surface area contributed by atoms with Gasteiger partial charge in [0.05, 0.1) is 6.04 Å². The maximum Gasteiger partial charge on any atom is 0.107 e. The Morgan fingerprint density at radius 2 is 2.06 bits per heavy atom. The zero-order chi connectivity index (χ0) is 13.1. The third kappa shape index (κ3) is 3.17. The molecule has 0 aliphatic heterocycles. The van der Waals surface area contributed by atoms with E-state index < -0.39 is 0 Å². The molecule has 0 radical (unpaired) electrons. The monoisotopic (exact) mass is 363 g/mol. The average molecular weight is 365 g/mol. The van der Waals surface area contributed by atoms with E-state index in [-0.39, 0.29) is 6.04 Å². The molecular weight excluding hydrogens is 350 g/mol. The van der Waals surface area contributed by atoms with Crippen LogP contribution >= 0.6 is 50.2 Å². The van der Waals surface area contributed by atoms with Crippen molar-refractivity contribution >= 4 is 50.2 Å².